The molecule has 5 nitrogen and oxygen atoms in total. The molecule has 1 fully saturated rings. The van der Waals surface area contributed by atoms with Gasteiger partial charge >= 0.3 is 0 Å². The highest BCUT2D eigenvalue weighted by atomic mass is 16.2. The zero-order chi connectivity index (χ0) is 21.0. The van der Waals surface area contributed by atoms with Gasteiger partial charge in [-0.2, -0.15) is 0 Å². The Hall–Kier alpha value is -2.82. The molecule has 1 heterocycles. The number of nitrogens with zero attached hydrogens (tertiary/aromatic N) is 3. The second-order valence-corrected chi connectivity index (χ2v) is 8.13. The predicted molar refractivity (Wildman–Crippen MR) is 118 cm³/mol. The molecule has 3 rings (SSSR count). The van der Waals surface area contributed by atoms with Gasteiger partial charge in [0.05, 0.1) is 0 Å². The van der Waals surface area contributed by atoms with E-state index in [9.17, 15) is 9.59 Å². The number of carbonyl (C=O) groups excluding carboxylic acids is 2. The van der Waals surface area contributed by atoms with Crippen LogP contribution in [0.1, 0.15) is 26.3 Å². The van der Waals surface area contributed by atoms with Gasteiger partial charge in [0.25, 0.3) is 0 Å². The van der Waals surface area contributed by atoms with Gasteiger partial charge in [0, 0.05) is 44.1 Å². The van der Waals surface area contributed by atoms with Gasteiger partial charge in [0.2, 0.25) is 11.8 Å². The molecule has 154 valence electrons. The first-order valence-electron chi connectivity index (χ1n) is 10.3. The van der Waals surface area contributed by atoms with Crippen molar-refractivity contribution >= 4 is 23.2 Å². The Kier molecular flexibility index (Phi) is 6.26. The van der Waals surface area contributed by atoms with E-state index in [2.05, 4.69) is 17.0 Å². The van der Waals surface area contributed by atoms with Crippen molar-refractivity contribution in [3.63, 3.8) is 0 Å². The molecular weight excluding hydrogens is 362 g/mol. The van der Waals surface area contributed by atoms with E-state index in [-0.39, 0.29) is 11.8 Å². The summed E-state index contributed by atoms with van der Waals surface area (Å²) in [6.07, 6.45) is 0. The maximum absolute atomic E-state index is 13.3. The van der Waals surface area contributed by atoms with Crippen molar-refractivity contribution in [1.29, 1.82) is 0 Å². The van der Waals surface area contributed by atoms with E-state index < -0.39 is 5.41 Å². The number of hydrogen-bond donors (Lipinski definition) is 0. The predicted octanol–water partition coefficient (Wildman–Crippen LogP) is 3.72. The second kappa shape index (κ2) is 8.68. The van der Waals surface area contributed by atoms with Gasteiger partial charge in [-0.15, -0.1) is 0 Å². The van der Waals surface area contributed by atoms with Crippen molar-refractivity contribution in [3.05, 3.63) is 60.2 Å². The van der Waals surface area contributed by atoms with Crippen molar-refractivity contribution in [3.8, 4) is 0 Å². The van der Waals surface area contributed by atoms with Gasteiger partial charge in [-0.1, -0.05) is 30.3 Å². The molecule has 0 aliphatic carbocycles. The number of anilines is 2. The minimum Gasteiger partial charge on any atom is -0.368 e. The summed E-state index contributed by atoms with van der Waals surface area (Å²) < 4.78 is 0. The molecule has 1 aliphatic rings. The minimum atomic E-state index is -1.10. The first-order chi connectivity index (χ1) is 13.8. The molecule has 2 amide bonds. The van der Waals surface area contributed by atoms with Crippen LogP contribution >= 0.6 is 0 Å². The van der Waals surface area contributed by atoms with Crippen LogP contribution in [0.2, 0.25) is 0 Å². The van der Waals surface area contributed by atoms with Gasteiger partial charge in [0.15, 0.2) is 0 Å². The quantitative estimate of drug-likeness (QED) is 0.727. The largest absolute Gasteiger partial charge is 0.368 e. The molecule has 29 heavy (non-hydrogen) atoms. The maximum Gasteiger partial charge on any atom is 0.242 e. The van der Waals surface area contributed by atoms with Crippen molar-refractivity contribution in [2.45, 2.75) is 27.7 Å². The van der Waals surface area contributed by atoms with Crippen molar-refractivity contribution in [2.24, 2.45) is 5.41 Å². The summed E-state index contributed by atoms with van der Waals surface area (Å²) in [5, 5.41) is 0. The molecule has 0 atom stereocenters. The number of piperazine rings is 1. The highest BCUT2D eigenvalue weighted by Crippen LogP contribution is 2.28. The molecule has 2 aromatic rings. The van der Waals surface area contributed by atoms with Crippen LogP contribution in [-0.2, 0) is 9.59 Å². The Morgan fingerprint density at radius 3 is 2.21 bits per heavy atom. The summed E-state index contributed by atoms with van der Waals surface area (Å²) in [5.74, 6) is -0.248. The molecule has 1 saturated heterocycles. The molecule has 0 spiro atoms. The van der Waals surface area contributed by atoms with E-state index in [0.29, 0.717) is 19.6 Å². The van der Waals surface area contributed by atoms with E-state index in [1.54, 1.807) is 18.7 Å². The monoisotopic (exact) mass is 393 g/mol. The number of para-hydroxylation sites is 1. The zero-order valence-corrected chi connectivity index (χ0v) is 17.9. The van der Waals surface area contributed by atoms with E-state index >= 15 is 0 Å². The van der Waals surface area contributed by atoms with Gasteiger partial charge in [-0.3, -0.25) is 9.59 Å². The van der Waals surface area contributed by atoms with Crippen LogP contribution in [0.15, 0.2) is 54.6 Å². The molecule has 5 heteroatoms. The van der Waals surface area contributed by atoms with Crippen LogP contribution in [0.3, 0.4) is 0 Å². The molecule has 0 unspecified atom stereocenters. The third kappa shape index (κ3) is 4.44. The smallest absolute Gasteiger partial charge is 0.242 e. The zero-order valence-electron chi connectivity index (χ0n) is 17.9. The maximum atomic E-state index is 13.3. The highest BCUT2D eigenvalue weighted by molar-refractivity contribution is 6.11. The van der Waals surface area contributed by atoms with Crippen LogP contribution in [-0.4, -0.2) is 49.4 Å². The van der Waals surface area contributed by atoms with Gasteiger partial charge in [0.1, 0.15) is 5.41 Å². The van der Waals surface area contributed by atoms with Gasteiger partial charge < -0.3 is 14.7 Å². The van der Waals surface area contributed by atoms with E-state index in [1.165, 1.54) is 5.69 Å². The number of hydrogen-bond acceptors (Lipinski definition) is 3. The fraction of sp³-hybridized carbons (Fsp3) is 0.417. The van der Waals surface area contributed by atoms with E-state index in [1.807, 2.05) is 61.2 Å². The topological polar surface area (TPSA) is 43.9 Å². The lowest BCUT2D eigenvalue weighted by Gasteiger charge is -2.40. The summed E-state index contributed by atoms with van der Waals surface area (Å²) in [7, 11) is 0. The lowest BCUT2D eigenvalue weighted by Crippen LogP contribution is -2.56. The average molecular weight is 394 g/mol. The average Bonchev–Trinajstić information content (AvgIpc) is 2.74. The normalized spacial score (nSPS) is 14.6. The van der Waals surface area contributed by atoms with Crippen LogP contribution in [0.5, 0.6) is 0 Å². The first-order valence-corrected chi connectivity index (χ1v) is 10.3. The summed E-state index contributed by atoms with van der Waals surface area (Å²) in [6.45, 7) is 10.8. The van der Waals surface area contributed by atoms with Crippen LogP contribution in [0.4, 0.5) is 11.4 Å². The lowest BCUT2D eigenvalue weighted by molar-refractivity contribution is -0.147. The summed E-state index contributed by atoms with van der Waals surface area (Å²) in [6, 6.07) is 18.1. The fourth-order valence-electron chi connectivity index (χ4n) is 3.87. The third-order valence-electron chi connectivity index (χ3n) is 5.63. The third-order valence-corrected chi connectivity index (χ3v) is 5.63. The second-order valence-electron chi connectivity index (χ2n) is 8.13. The number of amides is 2. The Balaban J connectivity index is 1.70. The summed E-state index contributed by atoms with van der Waals surface area (Å²) in [5.41, 5.74) is 2.00. The van der Waals surface area contributed by atoms with Crippen LogP contribution in [0, 0.1) is 12.3 Å². The number of carbonyl (C=O) groups is 2. The van der Waals surface area contributed by atoms with E-state index in [0.717, 1.165) is 24.3 Å². The van der Waals surface area contributed by atoms with Crippen LogP contribution in [0.25, 0.3) is 0 Å². The molecule has 0 N–H and O–H groups in total. The summed E-state index contributed by atoms with van der Waals surface area (Å²) in [4.78, 5) is 32.5. The lowest BCUT2D eigenvalue weighted by atomic mass is 9.88. The number of rotatable bonds is 5. The number of benzene rings is 2. The Morgan fingerprint density at radius 1 is 0.966 bits per heavy atom. The van der Waals surface area contributed by atoms with Crippen molar-refractivity contribution < 1.29 is 9.59 Å². The standard InChI is InChI=1S/C24H31N3O2/c1-5-27(21-13-9-10-19(2)18-21)23(29)24(3,4)22(28)26-16-14-25(15-17-26)20-11-7-6-8-12-20/h6-13,18H,5,14-17H2,1-4H3. The molecule has 0 radical (unpaired) electrons. The van der Waals surface area contributed by atoms with Crippen molar-refractivity contribution in [2.75, 3.05) is 42.5 Å². The Bertz CT molecular complexity index is 855. The molecule has 0 bridgehead atoms. The van der Waals surface area contributed by atoms with Crippen LogP contribution < -0.4 is 9.80 Å². The minimum absolute atomic E-state index is 0.0960. The van der Waals surface area contributed by atoms with Gasteiger partial charge in [-0.05, 0) is 57.5 Å². The molecule has 0 aromatic heterocycles. The van der Waals surface area contributed by atoms with Crippen molar-refractivity contribution in [1.82, 2.24) is 4.90 Å². The molecule has 2 aromatic carbocycles. The fourth-order valence-corrected chi connectivity index (χ4v) is 3.87. The molecule has 1 aliphatic heterocycles. The molecular formula is C24H31N3O2. The summed E-state index contributed by atoms with van der Waals surface area (Å²) >= 11 is 0. The number of aryl methyl sites for hydroxylation is 1. The highest BCUT2D eigenvalue weighted by Gasteiger charge is 2.42. The molecule has 0 saturated carbocycles. The van der Waals surface area contributed by atoms with E-state index in [4.69, 9.17) is 0 Å². The SMILES string of the molecule is CCN(C(=O)C(C)(C)C(=O)N1CCN(c2ccccc2)CC1)c1cccc(C)c1. The first kappa shape index (κ1) is 20.9. The van der Waals surface area contributed by atoms with Gasteiger partial charge in [-0.25, -0.2) is 0 Å². The Morgan fingerprint density at radius 2 is 1.62 bits per heavy atom. The Labute approximate surface area is 173 Å².